The zero-order valence-electron chi connectivity index (χ0n) is 10.4. The van der Waals surface area contributed by atoms with Crippen molar-refractivity contribution in [3.63, 3.8) is 0 Å². The van der Waals surface area contributed by atoms with Gasteiger partial charge in [0.2, 0.25) is 0 Å². The van der Waals surface area contributed by atoms with Crippen LogP contribution in [0, 0.1) is 5.92 Å². The molecule has 17 heavy (non-hydrogen) atoms. The average Bonchev–Trinajstić information content (AvgIpc) is 2.63. The van der Waals surface area contributed by atoms with E-state index in [1.165, 1.54) is 0 Å². The predicted octanol–water partition coefficient (Wildman–Crippen LogP) is 3.78. The lowest BCUT2D eigenvalue weighted by molar-refractivity contribution is -0.121. The van der Waals surface area contributed by atoms with E-state index < -0.39 is 0 Å². The standard InChI is InChI=1S/C13H20BrNOS/c1-9(4-3-5-10(2)15)12(16)8-11-6-7-13(14)17-11/h6-7,9-10H,3-5,8,15H2,1-2H3. The van der Waals surface area contributed by atoms with Crippen LogP contribution < -0.4 is 5.73 Å². The first kappa shape index (κ1) is 14.9. The van der Waals surface area contributed by atoms with E-state index in [0.717, 1.165) is 27.9 Å². The molecule has 2 atom stereocenters. The number of carbonyl (C=O) groups excluding carboxylic acids is 1. The fourth-order valence-electron chi connectivity index (χ4n) is 1.70. The van der Waals surface area contributed by atoms with Crippen LogP contribution in [0.5, 0.6) is 0 Å². The summed E-state index contributed by atoms with van der Waals surface area (Å²) in [5.74, 6) is 0.485. The number of ketones is 1. The summed E-state index contributed by atoms with van der Waals surface area (Å²) >= 11 is 5.05. The van der Waals surface area contributed by atoms with Crippen molar-refractivity contribution in [2.75, 3.05) is 0 Å². The Morgan fingerprint density at radius 1 is 1.41 bits per heavy atom. The van der Waals surface area contributed by atoms with Crippen LogP contribution in [0.25, 0.3) is 0 Å². The quantitative estimate of drug-likeness (QED) is 0.831. The maximum atomic E-state index is 12.0. The molecule has 0 aliphatic carbocycles. The molecule has 0 spiro atoms. The van der Waals surface area contributed by atoms with Crippen LogP contribution in [0.2, 0.25) is 0 Å². The van der Waals surface area contributed by atoms with Gasteiger partial charge in [-0.05, 0) is 47.8 Å². The third kappa shape index (κ3) is 5.80. The average molecular weight is 318 g/mol. The van der Waals surface area contributed by atoms with Crippen molar-refractivity contribution in [1.29, 1.82) is 0 Å². The number of hydrogen-bond acceptors (Lipinski definition) is 3. The molecule has 1 heterocycles. The van der Waals surface area contributed by atoms with Crippen molar-refractivity contribution in [3.8, 4) is 0 Å². The van der Waals surface area contributed by atoms with Crippen LogP contribution in [0.15, 0.2) is 15.9 Å². The van der Waals surface area contributed by atoms with Crippen molar-refractivity contribution in [3.05, 3.63) is 20.8 Å². The van der Waals surface area contributed by atoms with Crippen molar-refractivity contribution in [1.82, 2.24) is 0 Å². The Morgan fingerprint density at radius 2 is 2.12 bits per heavy atom. The van der Waals surface area contributed by atoms with E-state index in [4.69, 9.17) is 5.73 Å². The van der Waals surface area contributed by atoms with Crippen LogP contribution in [0.3, 0.4) is 0 Å². The molecule has 0 amide bonds. The maximum absolute atomic E-state index is 12.0. The number of halogens is 1. The molecule has 0 radical (unpaired) electrons. The largest absolute Gasteiger partial charge is 0.328 e. The molecule has 0 bridgehead atoms. The van der Waals surface area contributed by atoms with Gasteiger partial charge < -0.3 is 5.73 Å². The van der Waals surface area contributed by atoms with Gasteiger partial charge in [-0.3, -0.25) is 4.79 Å². The zero-order valence-corrected chi connectivity index (χ0v) is 12.8. The molecule has 0 aliphatic heterocycles. The molecular formula is C13H20BrNOS. The molecular weight excluding hydrogens is 298 g/mol. The second-order valence-electron chi connectivity index (χ2n) is 4.66. The van der Waals surface area contributed by atoms with Crippen molar-refractivity contribution in [2.24, 2.45) is 11.7 Å². The molecule has 4 heteroatoms. The summed E-state index contributed by atoms with van der Waals surface area (Å²) in [7, 11) is 0. The summed E-state index contributed by atoms with van der Waals surface area (Å²) in [6.45, 7) is 4.03. The molecule has 1 rings (SSSR count). The summed E-state index contributed by atoms with van der Waals surface area (Å²) in [5, 5.41) is 0. The van der Waals surface area contributed by atoms with E-state index in [0.29, 0.717) is 12.2 Å². The van der Waals surface area contributed by atoms with Gasteiger partial charge in [0.05, 0.1) is 3.79 Å². The van der Waals surface area contributed by atoms with Crippen molar-refractivity contribution >= 4 is 33.0 Å². The Bertz CT molecular complexity index is 362. The van der Waals surface area contributed by atoms with Gasteiger partial charge in [-0.15, -0.1) is 11.3 Å². The Kier molecular flexibility index (Phi) is 6.38. The van der Waals surface area contributed by atoms with Crippen LogP contribution in [-0.4, -0.2) is 11.8 Å². The van der Waals surface area contributed by atoms with E-state index in [1.54, 1.807) is 11.3 Å². The highest BCUT2D eigenvalue weighted by Gasteiger charge is 2.14. The van der Waals surface area contributed by atoms with E-state index in [2.05, 4.69) is 15.9 Å². The molecule has 0 saturated heterocycles. The van der Waals surface area contributed by atoms with Crippen LogP contribution in [-0.2, 0) is 11.2 Å². The first-order valence-electron chi connectivity index (χ1n) is 6.01. The second-order valence-corrected chi connectivity index (χ2v) is 7.21. The maximum Gasteiger partial charge on any atom is 0.140 e. The minimum Gasteiger partial charge on any atom is -0.328 e. The van der Waals surface area contributed by atoms with Gasteiger partial charge in [0.15, 0.2) is 0 Å². The Balaban J connectivity index is 2.32. The number of Topliss-reactive ketones (excluding diaryl/α,β-unsaturated/α-hetero) is 1. The Labute approximate surface area is 116 Å². The zero-order chi connectivity index (χ0) is 12.8. The fraction of sp³-hybridized carbons (Fsp3) is 0.615. The lowest BCUT2D eigenvalue weighted by atomic mass is 9.96. The van der Waals surface area contributed by atoms with E-state index in [9.17, 15) is 4.79 Å². The summed E-state index contributed by atoms with van der Waals surface area (Å²) in [5.41, 5.74) is 5.69. The van der Waals surface area contributed by atoms with Crippen LogP contribution in [0.4, 0.5) is 0 Å². The van der Waals surface area contributed by atoms with E-state index in [1.807, 2.05) is 26.0 Å². The monoisotopic (exact) mass is 317 g/mol. The number of carbonyl (C=O) groups is 1. The minimum absolute atomic E-state index is 0.148. The van der Waals surface area contributed by atoms with Crippen LogP contribution in [0.1, 0.15) is 38.0 Å². The summed E-state index contributed by atoms with van der Waals surface area (Å²) < 4.78 is 1.09. The molecule has 0 aliphatic rings. The SMILES string of the molecule is CC(N)CCCC(C)C(=O)Cc1ccc(Br)s1. The van der Waals surface area contributed by atoms with Crippen LogP contribution >= 0.6 is 27.3 Å². The predicted molar refractivity (Wildman–Crippen MR) is 77.4 cm³/mol. The van der Waals surface area contributed by atoms with Crippen molar-refractivity contribution < 1.29 is 4.79 Å². The minimum atomic E-state index is 0.148. The number of hydrogen-bond donors (Lipinski definition) is 1. The molecule has 96 valence electrons. The molecule has 2 N–H and O–H groups in total. The molecule has 0 aromatic carbocycles. The topological polar surface area (TPSA) is 43.1 Å². The number of thiophene rings is 1. The summed E-state index contributed by atoms with van der Waals surface area (Å²) in [4.78, 5) is 13.1. The highest BCUT2D eigenvalue weighted by molar-refractivity contribution is 9.11. The van der Waals surface area contributed by atoms with Gasteiger partial charge in [-0.25, -0.2) is 0 Å². The Hall–Kier alpha value is -0.190. The lowest BCUT2D eigenvalue weighted by Crippen LogP contribution is -2.17. The first-order chi connectivity index (χ1) is 7.99. The third-order valence-corrected chi connectivity index (χ3v) is 4.45. The third-order valence-electron chi connectivity index (χ3n) is 2.82. The highest BCUT2D eigenvalue weighted by Crippen LogP contribution is 2.23. The molecule has 0 fully saturated rings. The molecule has 0 saturated carbocycles. The van der Waals surface area contributed by atoms with Crippen molar-refractivity contribution in [2.45, 2.75) is 45.6 Å². The molecule has 1 aromatic rings. The summed E-state index contributed by atoms with van der Waals surface area (Å²) in [6.07, 6.45) is 3.56. The molecule has 1 aromatic heterocycles. The number of nitrogens with two attached hydrogens (primary N) is 1. The number of rotatable bonds is 7. The normalized spacial score (nSPS) is 14.6. The van der Waals surface area contributed by atoms with Gasteiger partial charge in [0, 0.05) is 23.3 Å². The Morgan fingerprint density at radius 3 is 2.65 bits per heavy atom. The summed E-state index contributed by atoms with van der Waals surface area (Å²) in [6, 6.07) is 4.25. The highest BCUT2D eigenvalue weighted by atomic mass is 79.9. The van der Waals surface area contributed by atoms with E-state index in [-0.39, 0.29) is 12.0 Å². The van der Waals surface area contributed by atoms with Gasteiger partial charge in [-0.2, -0.15) is 0 Å². The fourth-order valence-corrected chi connectivity index (χ4v) is 3.19. The molecule has 2 unspecified atom stereocenters. The lowest BCUT2D eigenvalue weighted by Gasteiger charge is -2.10. The van der Waals surface area contributed by atoms with Gasteiger partial charge in [0.25, 0.3) is 0 Å². The van der Waals surface area contributed by atoms with E-state index >= 15 is 0 Å². The van der Waals surface area contributed by atoms with Gasteiger partial charge in [-0.1, -0.05) is 13.3 Å². The van der Waals surface area contributed by atoms with Gasteiger partial charge >= 0.3 is 0 Å². The van der Waals surface area contributed by atoms with Gasteiger partial charge in [0.1, 0.15) is 5.78 Å². The smallest absolute Gasteiger partial charge is 0.140 e. The first-order valence-corrected chi connectivity index (χ1v) is 7.62. The second kappa shape index (κ2) is 7.29. The molecule has 2 nitrogen and oxygen atoms in total.